The highest BCUT2D eigenvalue weighted by Gasteiger charge is 2.19. The Kier molecular flexibility index (Phi) is 6.27. The summed E-state index contributed by atoms with van der Waals surface area (Å²) in [6.07, 6.45) is 0. The number of nitrogens with one attached hydrogen (secondary N) is 2. The summed E-state index contributed by atoms with van der Waals surface area (Å²) in [4.78, 5) is 40.1. The van der Waals surface area contributed by atoms with E-state index in [4.69, 9.17) is 4.74 Å². The van der Waals surface area contributed by atoms with Gasteiger partial charge in [-0.1, -0.05) is 32.0 Å². The molecule has 0 saturated heterocycles. The van der Waals surface area contributed by atoms with Crippen molar-refractivity contribution < 1.29 is 19.1 Å². The van der Waals surface area contributed by atoms with Crippen LogP contribution in [0.3, 0.4) is 0 Å². The van der Waals surface area contributed by atoms with Crippen LogP contribution in [0.15, 0.2) is 24.3 Å². The Morgan fingerprint density at radius 1 is 1.15 bits per heavy atom. The molecular weight excluding hydrogens is 334 g/mol. The van der Waals surface area contributed by atoms with E-state index < -0.39 is 24.5 Å². The summed E-state index contributed by atoms with van der Waals surface area (Å²) in [6.45, 7) is 7.31. The number of pyridine rings is 1. The van der Waals surface area contributed by atoms with Gasteiger partial charge in [-0.25, -0.2) is 9.59 Å². The Hall–Kier alpha value is -2.96. The van der Waals surface area contributed by atoms with Crippen LogP contribution in [0.1, 0.15) is 35.5 Å². The number of esters is 1. The normalized spacial score (nSPS) is 10.7. The molecule has 3 amide bonds. The quantitative estimate of drug-likeness (QED) is 0.801. The fraction of sp³-hybridized carbons (Fsp3) is 0.368. The van der Waals surface area contributed by atoms with E-state index in [1.54, 1.807) is 6.92 Å². The number of nitrogens with zero attached hydrogens (tertiary/aromatic N) is 1. The zero-order chi connectivity index (χ0) is 19.3. The highest BCUT2D eigenvalue weighted by molar-refractivity contribution is 6.00. The van der Waals surface area contributed by atoms with Gasteiger partial charge >= 0.3 is 12.0 Å². The number of fused-ring (bicyclic) bond motifs is 1. The molecule has 7 heteroatoms. The summed E-state index contributed by atoms with van der Waals surface area (Å²) in [5, 5.41) is 5.52. The van der Waals surface area contributed by atoms with Gasteiger partial charge in [0.1, 0.15) is 0 Å². The third kappa shape index (κ3) is 4.78. The van der Waals surface area contributed by atoms with Gasteiger partial charge in [0.05, 0.1) is 16.8 Å². The number of amides is 3. The summed E-state index contributed by atoms with van der Waals surface area (Å²) in [7, 11) is 0. The first-order chi connectivity index (χ1) is 12.3. The van der Waals surface area contributed by atoms with Crippen LogP contribution < -0.4 is 10.6 Å². The van der Waals surface area contributed by atoms with Gasteiger partial charge in [0.2, 0.25) is 0 Å². The molecule has 1 aromatic heterocycles. The Labute approximate surface area is 152 Å². The number of para-hydroxylation sites is 1. The molecule has 26 heavy (non-hydrogen) atoms. The summed E-state index contributed by atoms with van der Waals surface area (Å²) in [5.74, 6) is -1.07. The van der Waals surface area contributed by atoms with Gasteiger partial charge in [0.25, 0.3) is 5.91 Å². The molecule has 1 aromatic carbocycles. The molecule has 0 aliphatic heterocycles. The second kappa shape index (κ2) is 8.42. The minimum Gasteiger partial charge on any atom is -0.452 e. The van der Waals surface area contributed by atoms with Crippen LogP contribution in [0.2, 0.25) is 0 Å². The lowest BCUT2D eigenvalue weighted by molar-refractivity contribution is -0.123. The number of aromatic nitrogens is 1. The van der Waals surface area contributed by atoms with Crippen LogP contribution >= 0.6 is 0 Å². The lowest BCUT2D eigenvalue weighted by Gasteiger charge is -2.12. The van der Waals surface area contributed by atoms with E-state index in [-0.39, 0.29) is 5.92 Å². The number of ether oxygens (including phenoxy) is 1. The monoisotopic (exact) mass is 357 g/mol. The van der Waals surface area contributed by atoms with E-state index in [0.717, 1.165) is 16.5 Å². The fourth-order valence-electron chi connectivity index (χ4n) is 2.54. The van der Waals surface area contributed by atoms with Gasteiger partial charge in [-0.2, -0.15) is 0 Å². The minimum atomic E-state index is -0.691. The van der Waals surface area contributed by atoms with Gasteiger partial charge in [-0.3, -0.25) is 15.1 Å². The molecular formula is C19H23N3O4. The number of imide groups is 1. The molecule has 0 fully saturated rings. The number of aryl methyl sites for hydroxylation is 2. The standard InChI is InChI=1S/C19H23N3O4/c1-11(2)9-20-19(25)22-16(23)10-26-18(24)17-12(3)14-7-5-6-8-15(14)21-13(17)4/h5-8,11H,9-10H2,1-4H3,(H2,20,22,23,25). The highest BCUT2D eigenvalue weighted by Crippen LogP contribution is 2.23. The van der Waals surface area contributed by atoms with Crippen molar-refractivity contribution >= 4 is 28.8 Å². The van der Waals surface area contributed by atoms with Gasteiger partial charge in [-0.05, 0) is 31.4 Å². The van der Waals surface area contributed by atoms with Crippen LogP contribution in [-0.4, -0.2) is 36.0 Å². The average Bonchev–Trinajstić information content (AvgIpc) is 2.58. The Morgan fingerprint density at radius 2 is 1.85 bits per heavy atom. The molecule has 0 aliphatic carbocycles. The lowest BCUT2D eigenvalue weighted by Crippen LogP contribution is -2.42. The highest BCUT2D eigenvalue weighted by atomic mass is 16.5. The second-order valence-electron chi connectivity index (χ2n) is 6.44. The number of hydrogen-bond acceptors (Lipinski definition) is 5. The van der Waals surface area contributed by atoms with Crippen molar-refractivity contribution in [2.75, 3.05) is 13.2 Å². The molecule has 138 valence electrons. The van der Waals surface area contributed by atoms with Crippen molar-refractivity contribution in [1.82, 2.24) is 15.6 Å². The first-order valence-electron chi connectivity index (χ1n) is 8.40. The number of urea groups is 1. The van der Waals surface area contributed by atoms with E-state index in [2.05, 4.69) is 15.6 Å². The minimum absolute atomic E-state index is 0.264. The molecule has 0 aliphatic rings. The van der Waals surface area contributed by atoms with Crippen molar-refractivity contribution in [3.63, 3.8) is 0 Å². The third-order valence-electron chi connectivity index (χ3n) is 3.80. The zero-order valence-corrected chi connectivity index (χ0v) is 15.4. The van der Waals surface area contributed by atoms with Gasteiger partial charge in [0.15, 0.2) is 6.61 Å². The Morgan fingerprint density at radius 3 is 2.54 bits per heavy atom. The second-order valence-corrected chi connectivity index (χ2v) is 6.44. The summed E-state index contributed by atoms with van der Waals surface area (Å²) in [6, 6.07) is 6.87. The van der Waals surface area contributed by atoms with Crippen LogP contribution in [0.25, 0.3) is 10.9 Å². The van der Waals surface area contributed by atoms with Crippen LogP contribution in [0, 0.1) is 19.8 Å². The van der Waals surface area contributed by atoms with Crippen molar-refractivity contribution in [2.45, 2.75) is 27.7 Å². The Balaban J connectivity index is 2.01. The molecule has 7 nitrogen and oxygen atoms in total. The van der Waals surface area contributed by atoms with Crippen LogP contribution in [0.5, 0.6) is 0 Å². The number of carbonyl (C=O) groups is 3. The third-order valence-corrected chi connectivity index (χ3v) is 3.80. The maximum Gasteiger partial charge on any atom is 0.340 e. The summed E-state index contributed by atoms with van der Waals surface area (Å²) in [5.41, 5.74) is 2.40. The van der Waals surface area contributed by atoms with E-state index in [9.17, 15) is 14.4 Å². The van der Waals surface area contributed by atoms with E-state index in [0.29, 0.717) is 17.8 Å². The molecule has 0 atom stereocenters. The molecule has 2 rings (SSSR count). The first-order valence-corrected chi connectivity index (χ1v) is 8.40. The lowest BCUT2D eigenvalue weighted by atomic mass is 10.0. The molecule has 0 saturated carbocycles. The van der Waals surface area contributed by atoms with Crippen molar-refractivity contribution in [1.29, 1.82) is 0 Å². The van der Waals surface area contributed by atoms with E-state index in [1.807, 2.05) is 45.0 Å². The maximum absolute atomic E-state index is 12.4. The number of hydrogen-bond donors (Lipinski definition) is 2. The van der Waals surface area contributed by atoms with Crippen molar-refractivity contribution in [3.8, 4) is 0 Å². The number of carbonyl (C=O) groups excluding carboxylic acids is 3. The van der Waals surface area contributed by atoms with Gasteiger partial charge < -0.3 is 10.1 Å². The van der Waals surface area contributed by atoms with Crippen molar-refractivity contribution in [3.05, 3.63) is 41.1 Å². The predicted octanol–water partition coefficient (Wildman–Crippen LogP) is 2.49. The summed E-state index contributed by atoms with van der Waals surface area (Å²) >= 11 is 0. The zero-order valence-electron chi connectivity index (χ0n) is 15.4. The fourth-order valence-corrected chi connectivity index (χ4v) is 2.54. The van der Waals surface area contributed by atoms with Gasteiger partial charge in [-0.15, -0.1) is 0 Å². The predicted molar refractivity (Wildman–Crippen MR) is 97.9 cm³/mol. The molecule has 0 bridgehead atoms. The van der Waals surface area contributed by atoms with Crippen LogP contribution in [-0.2, 0) is 9.53 Å². The maximum atomic E-state index is 12.4. The first kappa shape index (κ1) is 19.4. The summed E-state index contributed by atoms with van der Waals surface area (Å²) < 4.78 is 5.06. The Bertz CT molecular complexity index is 846. The SMILES string of the molecule is Cc1nc2ccccc2c(C)c1C(=O)OCC(=O)NC(=O)NCC(C)C. The number of benzene rings is 1. The molecule has 2 N–H and O–H groups in total. The van der Waals surface area contributed by atoms with Crippen molar-refractivity contribution in [2.24, 2.45) is 5.92 Å². The van der Waals surface area contributed by atoms with E-state index in [1.165, 1.54) is 0 Å². The largest absolute Gasteiger partial charge is 0.452 e. The van der Waals surface area contributed by atoms with Gasteiger partial charge in [0, 0.05) is 11.9 Å². The molecule has 2 aromatic rings. The molecule has 0 spiro atoms. The van der Waals surface area contributed by atoms with Crippen LogP contribution in [0.4, 0.5) is 4.79 Å². The average molecular weight is 357 g/mol. The molecule has 0 unspecified atom stereocenters. The molecule has 0 radical (unpaired) electrons. The number of rotatable bonds is 5. The van der Waals surface area contributed by atoms with E-state index >= 15 is 0 Å². The smallest absolute Gasteiger partial charge is 0.340 e. The molecule has 1 heterocycles. The topological polar surface area (TPSA) is 97.4 Å².